The zero-order chi connectivity index (χ0) is 14.0. The lowest BCUT2D eigenvalue weighted by molar-refractivity contribution is -0.153. The third kappa shape index (κ3) is 1.49. The highest BCUT2D eigenvalue weighted by Gasteiger charge is 2.80. The second kappa shape index (κ2) is 4.08. The Bertz CT molecular complexity index is 586. The van der Waals surface area contributed by atoms with Crippen LogP contribution in [0.2, 0.25) is 0 Å². The van der Waals surface area contributed by atoms with E-state index in [2.05, 4.69) is 0 Å². The molecule has 1 aromatic rings. The van der Waals surface area contributed by atoms with E-state index in [-0.39, 0.29) is 24.3 Å². The highest BCUT2D eigenvalue weighted by Crippen LogP contribution is 2.67. The summed E-state index contributed by atoms with van der Waals surface area (Å²) in [6, 6.07) is 10.1. The van der Waals surface area contributed by atoms with E-state index in [0.29, 0.717) is 25.0 Å². The van der Waals surface area contributed by atoms with Gasteiger partial charge in [-0.05, 0) is 24.3 Å². The second-order valence-electron chi connectivity index (χ2n) is 6.75. The van der Waals surface area contributed by atoms with E-state index in [1.54, 1.807) is 0 Å². The minimum absolute atomic E-state index is 0.0427. The van der Waals surface area contributed by atoms with Crippen LogP contribution in [0.4, 0.5) is 0 Å². The molecule has 5 rings (SSSR count). The van der Waals surface area contributed by atoms with Gasteiger partial charge >= 0.3 is 5.97 Å². The maximum atomic E-state index is 12.5. The molecular formula is C17H18O4. The lowest BCUT2D eigenvalue weighted by Gasteiger charge is -2.27. The van der Waals surface area contributed by atoms with Crippen molar-refractivity contribution in [3.8, 4) is 0 Å². The van der Waals surface area contributed by atoms with Crippen molar-refractivity contribution in [1.29, 1.82) is 0 Å². The Morgan fingerprint density at radius 1 is 1.24 bits per heavy atom. The molecule has 2 heterocycles. The molecule has 0 amide bonds. The van der Waals surface area contributed by atoms with Gasteiger partial charge in [-0.25, -0.2) is 0 Å². The van der Waals surface area contributed by atoms with Gasteiger partial charge in [0.1, 0.15) is 17.6 Å². The van der Waals surface area contributed by atoms with Crippen LogP contribution in [0.3, 0.4) is 0 Å². The van der Waals surface area contributed by atoms with Gasteiger partial charge in [-0.15, -0.1) is 0 Å². The number of ether oxygens (including phenoxy) is 3. The van der Waals surface area contributed by atoms with Crippen LogP contribution in [0.5, 0.6) is 0 Å². The molecule has 110 valence electrons. The van der Waals surface area contributed by atoms with Gasteiger partial charge in [-0.3, -0.25) is 4.79 Å². The summed E-state index contributed by atoms with van der Waals surface area (Å²) in [6.45, 7) is 0.967. The molecule has 0 aromatic heterocycles. The van der Waals surface area contributed by atoms with Crippen molar-refractivity contribution in [2.24, 2.45) is 17.3 Å². The maximum absolute atomic E-state index is 12.5. The zero-order valence-electron chi connectivity index (χ0n) is 11.7. The molecular weight excluding hydrogens is 268 g/mol. The average Bonchev–Trinajstić information content (AvgIpc) is 2.98. The first kappa shape index (κ1) is 12.2. The molecule has 0 radical (unpaired) electrons. The third-order valence-electron chi connectivity index (χ3n) is 5.79. The van der Waals surface area contributed by atoms with Crippen molar-refractivity contribution in [2.75, 3.05) is 6.61 Å². The van der Waals surface area contributed by atoms with Gasteiger partial charge in [0.15, 0.2) is 0 Å². The lowest BCUT2D eigenvalue weighted by Crippen LogP contribution is -2.41. The monoisotopic (exact) mass is 286 g/mol. The molecule has 2 saturated carbocycles. The van der Waals surface area contributed by atoms with Gasteiger partial charge in [0.05, 0.1) is 19.3 Å². The molecule has 21 heavy (non-hydrogen) atoms. The van der Waals surface area contributed by atoms with Crippen LogP contribution in [0.15, 0.2) is 30.3 Å². The molecule has 4 fully saturated rings. The Kier molecular flexibility index (Phi) is 2.37. The number of carbonyl (C=O) groups excluding carboxylic acids is 1. The van der Waals surface area contributed by atoms with Gasteiger partial charge < -0.3 is 14.2 Å². The zero-order valence-corrected chi connectivity index (χ0v) is 11.7. The molecule has 0 bridgehead atoms. The van der Waals surface area contributed by atoms with Crippen LogP contribution in [0.25, 0.3) is 0 Å². The number of carbonyl (C=O) groups is 1. The summed E-state index contributed by atoms with van der Waals surface area (Å²) in [5.74, 6) is 0.747. The van der Waals surface area contributed by atoms with E-state index in [1.807, 2.05) is 30.3 Å². The smallest absolute Gasteiger partial charge is 0.317 e. The van der Waals surface area contributed by atoms with Crippen LogP contribution in [0, 0.1) is 17.3 Å². The molecule has 4 heteroatoms. The van der Waals surface area contributed by atoms with Crippen molar-refractivity contribution < 1.29 is 19.0 Å². The lowest BCUT2D eigenvalue weighted by atomic mass is 9.77. The van der Waals surface area contributed by atoms with Crippen molar-refractivity contribution >= 4 is 5.97 Å². The van der Waals surface area contributed by atoms with Crippen LogP contribution < -0.4 is 0 Å². The predicted octanol–water partition coefficient (Wildman–Crippen LogP) is 1.92. The highest BCUT2D eigenvalue weighted by molar-refractivity contribution is 5.83. The van der Waals surface area contributed by atoms with Gasteiger partial charge in [0.2, 0.25) is 0 Å². The van der Waals surface area contributed by atoms with Crippen LogP contribution in [-0.2, 0) is 25.6 Å². The fourth-order valence-corrected chi connectivity index (χ4v) is 4.91. The van der Waals surface area contributed by atoms with Crippen molar-refractivity contribution in [2.45, 2.75) is 37.8 Å². The van der Waals surface area contributed by atoms with E-state index in [4.69, 9.17) is 14.2 Å². The highest BCUT2D eigenvalue weighted by atomic mass is 16.6. The van der Waals surface area contributed by atoms with E-state index >= 15 is 0 Å². The summed E-state index contributed by atoms with van der Waals surface area (Å²) >= 11 is 0. The average molecular weight is 286 g/mol. The fourth-order valence-electron chi connectivity index (χ4n) is 4.91. The van der Waals surface area contributed by atoms with Crippen LogP contribution in [-0.4, -0.2) is 30.9 Å². The second-order valence-corrected chi connectivity index (χ2v) is 6.75. The van der Waals surface area contributed by atoms with E-state index in [1.165, 1.54) is 0 Å². The van der Waals surface area contributed by atoms with Gasteiger partial charge in [-0.2, -0.15) is 0 Å². The summed E-state index contributed by atoms with van der Waals surface area (Å²) in [6.07, 6.45) is 2.56. The SMILES string of the molecule is O=C1O[C@@H]2CC[C@@H]3[C@@H]4O[C@@H]4[C@@]1(COCc1ccccc1)[C@@H]32. The standard InChI is InChI=1S/C17H18O4/c18-16-17(9-19-8-10-4-2-1-3-5-10)13-11(14-15(17)21-14)6-7-12(13)20-16/h1-5,11-15H,6-9H2/t11-,12+,13-,14-,15-,17+/m0/s1. The molecule has 1 aromatic carbocycles. The Hall–Kier alpha value is -1.39. The maximum Gasteiger partial charge on any atom is 0.317 e. The Morgan fingerprint density at radius 2 is 2.10 bits per heavy atom. The summed E-state index contributed by atoms with van der Waals surface area (Å²) in [7, 11) is 0. The van der Waals surface area contributed by atoms with Crippen molar-refractivity contribution in [3.05, 3.63) is 35.9 Å². The third-order valence-corrected chi connectivity index (χ3v) is 5.79. The molecule has 0 spiro atoms. The minimum Gasteiger partial charge on any atom is -0.461 e. The predicted molar refractivity (Wildman–Crippen MR) is 73.3 cm³/mol. The molecule has 0 unspecified atom stereocenters. The number of hydrogen-bond donors (Lipinski definition) is 0. The van der Waals surface area contributed by atoms with Crippen LogP contribution >= 0.6 is 0 Å². The largest absolute Gasteiger partial charge is 0.461 e. The summed E-state index contributed by atoms with van der Waals surface area (Å²) in [5, 5.41) is 0. The first-order chi connectivity index (χ1) is 10.3. The first-order valence-corrected chi connectivity index (χ1v) is 7.79. The minimum atomic E-state index is -0.523. The Balaban J connectivity index is 1.36. The summed E-state index contributed by atoms with van der Waals surface area (Å²) in [5.41, 5.74) is 0.608. The summed E-state index contributed by atoms with van der Waals surface area (Å²) in [4.78, 5) is 12.5. The molecule has 2 aliphatic carbocycles. The molecule has 2 aliphatic heterocycles. The number of epoxide rings is 1. The van der Waals surface area contributed by atoms with Gasteiger partial charge in [-0.1, -0.05) is 30.3 Å². The van der Waals surface area contributed by atoms with Crippen molar-refractivity contribution in [1.82, 2.24) is 0 Å². The van der Waals surface area contributed by atoms with E-state index in [0.717, 1.165) is 18.4 Å². The number of rotatable bonds is 4. The molecule has 4 aliphatic rings. The fraction of sp³-hybridized carbons (Fsp3) is 0.588. The Morgan fingerprint density at radius 3 is 2.95 bits per heavy atom. The molecule has 0 N–H and O–H groups in total. The van der Waals surface area contributed by atoms with Crippen LogP contribution in [0.1, 0.15) is 18.4 Å². The Labute approximate surface area is 123 Å². The number of hydrogen-bond acceptors (Lipinski definition) is 4. The topological polar surface area (TPSA) is 48.1 Å². The molecule has 2 saturated heterocycles. The van der Waals surface area contributed by atoms with E-state index in [9.17, 15) is 4.79 Å². The molecule has 6 atom stereocenters. The van der Waals surface area contributed by atoms with Crippen molar-refractivity contribution in [3.63, 3.8) is 0 Å². The van der Waals surface area contributed by atoms with E-state index < -0.39 is 5.41 Å². The van der Waals surface area contributed by atoms with Gasteiger partial charge in [0.25, 0.3) is 0 Å². The number of benzene rings is 1. The molecule has 4 nitrogen and oxygen atoms in total. The summed E-state index contributed by atoms with van der Waals surface area (Å²) < 4.78 is 17.3. The first-order valence-electron chi connectivity index (χ1n) is 7.79. The normalized spacial score (nSPS) is 45.3. The quantitative estimate of drug-likeness (QED) is 0.627. The number of fused-ring (bicyclic) bond motifs is 3. The van der Waals surface area contributed by atoms with Gasteiger partial charge in [0, 0.05) is 5.92 Å². The number of esters is 1.